The molecule has 2 aromatic carbocycles. The maximum atomic E-state index is 12.5. The lowest BCUT2D eigenvalue weighted by atomic mass is 10.1. The van der Waals surface area contributed by atoms with Crippen molar-refractivity contribution < 1.29 is 9.53 Å². The molecule has 5 nitrogen and oxygen atoms in total. The zero-order valence-corrected chi connectivity index (χ0v) is 17.1. The summed E-state index contributed by atoms with van der Waals surface area (Å²) in [5.74, 6) is 0.973. The summed E-state index contributed by atoms with van der Waals surface area (Å²) in [4.78, 5) is 14.5. The number of nitrogens with one attached hydrogen (secondary N) is 2. The van der Waals surface area contributed by atoms with E-state index in [1.807, 2.05) is 60.4 Å². The van der Waals surface area contributed by atoms with Gasteiger partial charge in [-0.25, -0.2) is 0 Å². The van der Waals surface area contributed by atoms with Crippen LogP contribution in [-0.4, -0.2) is 35.6 Å². The Morgan fingerprint density at radius 2 is 1.79 bits per heavy atom. The molecule has 28 heavy (non-hydrogen) atoms. The Morgan fingerprint density at radius 3 is 2.50 bits per heavy atom. The Kier molecular flexibility index (Phi) is 7.25. The number of rotatable bonds is 6. The first-order valence-corrected chi connectivity index (χ1v) is 10.2. The maximum Gasteiger partial charge on any atom is 0.253 e. The minimum atomic E-state index is 0.111. The highest BCUT2D eigenvalue weighted by molar-refractivity contribution is 7.80. The summed E-state index contributed by atoms with van der Waals surface area (Å²) in [6.45, 7) is 4.89. The first-order chi connectivity index (χ1) is 13.7. The van der Waals surface area contributed by atoms with E-state index in [-0.39, 0.29) is 5.91 Å². The topological polar surface area (TPSA) is 53.6 Å². The van der Waals surface area contributed by atoms with Gasteiger partial charge in [0.15, 0.2) is 5.11 Å². The van der Waals surface area contributed by atoms with Gasteiger partial charge in [-0.1, -0.05) is 18.2 Å². The fourth-order valence-corrected chi connectivity index (χ4v) is 3.46. The lowest BCUT2D eigenvalue weighted by Crippen LogP contribution is -2.35. The number of nitrogens with zero attached hydrogens (tertiary/aromatic N) is 1. The molecule has 3 rings (SSSR count). The molecule has 1 fully saturated rings. The van der Waals surface area contributed by atoms with Crippen LogP contribution in [0.1, 0.15) is 42.1 Å². The second-order valence-electron chi connectivity index (χ2n) is 6.78. The van der Waals surface area contributed by atoms with Gasteiger partial charge in [-0.05, 0) is 68.7 Å². The van der Waals surface area contributed by atoms with E-state index in [9.17, 15) is 4.79 Å². The molecule has 0 spiro atoms. The van der Waals surface area contributed by atoms with Crippen LogP contribution in [0.25, 0.3) is 0 Å². The molecule has 1 heterocycles. The van der Waals surface area contributed by atoms with Gasteiger partial charge in [0.05, 0.1) is 6.61 Å². The Hall–Kier alpha value is -2.60. The van der Waals surface area contributed by atoms with Gasteiger partial charge in [-0.2, -0.15) is 0 Å². The highest BCUT2D eigenvalue weighted by Crippen LogP contribution is 2.18. The van der Waals surface area contributed by atoms with Crippen LogP contribution >= 0.6 is 12.2 Å². The highest BCUT2D eigenvalue weighted by Gasteiger charge is 2.17. The molecule has 0 radical (unpaired) electrons. The summed E-state index contributed by atoms with van der Waals surface area (Å²) in [6, 6.07) is 15.4. The number of carbonyl (C=O) groups excluding carboxylic acids is 1. The summed E-state index contributed by atoms with van der Waals surface area (Å²) in [6.07, 6.45) is 3.40. The number of benzene rings is 2. The van der Waals surface area contributed by atoms with Gasteiger partial charge in [0.25, 0.3) is 5.91 Å². The Labute approximate surface area is 172 Å². The molecular weight excluding hydrogens is 370 g/mol. The van der Waals surface area contributed by atoms with E-state index in [1.165, 1.54) is 6.42 Å². The minimum Gasteiger partial charge on any atom is -0.494 e. The smallest absolute Gasteiger partial charge is 0.253 e. The molecule has 2 aromatic rings. The predicted molar refractivity (Wildman–Crippen MR) is 117 cm³/mol. The molecule has 0 aromatic heterocycles. The van der Waals surface area contributed by atoms with Crippen LogP contribution in [0.2, 0.25) is 0 Å². The Bertz CT molecular complexity index is 802. The second-order valence-corrected chi connectivity index (χ2v) is 7.19. The van der Waals surface area contributed by atoms with Crippen molar-refractivity contribution in [1.29, 1.82) is 0 Å². The maximum absolute atomic E-state index is 12.5. The van der Waals surface area contributed by atoms with Crippen molar-refractivity contribution in [3.8, 4) is 5.75 Å². The van der Waals surface area contributed by atoms with Gasteiger partial charge in [-0.15, -0.1) is 0 Å². The van der Waals surface area contributed by atoms with Crippen molar-refractivity contribution >= 4 is 28.9 Å². The average Bonchev–Trinajstić information content (AvgIpc) is 2.74. The van der Waals surface area contributed by atoms with Crippen molar-refractivity contribution in [3.63, 3.8) is 0 Å². The second kappa shape index (κ2) is 10.1. The molecule has 0 bridgehead atoms. The number of amides is 1. The van der Waals surface area contributed by atoms with Gasteiger partial charge in [0.1, 0.15) is 5.75 Å². The lowest BCUT2D eigenvalue weighted by Gasteiger charge is -2.26. The standard InChI is InChI=1S/C22H27N3O2S/c1-2-27-20-9-5-4-8-18(20)16-23-22(28)24-19-12-10-17(11-13-19)21(26)25-14-6-3-7-15-25/h4-5,8-13H,2-3,6-7,14-16H2,1H3,(H2,23,24,28). The SMILES string of the molecule is CCOc1ccccc1CNC(=S)Nc1ccc(C(=O)N2CCCCC2)cc1. The summed E-state index contributed by atoms with van der Waals surface area (Å²) >= 11 is 5.39. The normalized spacial score (nSPS) is 13.7. The number of hydrogen-bond donors (Lipinski definition) is 2. The molecule has 1 amide bonds. The Morgan fingerprint density at radius 1 is 1.07 bits per heavy atom. The zero-order chi connectivity index (χ0) is 19.8. The van der Waals surface area contributed by atoms with E-state index in [0.29, 0.717) is 18.3 Å². The molecule has 1 saturated heterocycles. The van der Waals surface area contributed by atoms with Crippen LogP contribution in [0.5, 0.6) is 5.75 Å². The molecule has 1 aliphatic rings. The van der Waals surface area contributed by atoms with Crippen molar-refractivity contribution in [1.82, 2.24) is 10.2 Å². The van der Waals surface area contributed by atoms with Crippen LogP contribution in [0, 0.1) is 0 Å². The van der Waals surface area contributed by atoms with Crippen LogP contribution in [0.4, 0.5) is 5.69 Å². The molecule has 0 saturated carbocycles. The number of hydrogen-bond acceptors (Lipinski definition) is 3. The molecule has 2 N–H and O–H groups in total. The fraction of sp³-hybridized carbons (Fsp3) is 0.364. The minimum absolute atomic E-state index is 0.111. The number of ether oxygens (including phenoxy) is 1. The van der Waals surface area contributed by atoms with Gasteiger partial charge >= 0.3 is 0 Å². The summed E-state index contributed by atoms with van der Waals surface area (Å²) < 4.78 is 5.63. The molecule has 6 heteroatoms. The molecular formula is C22H27N3O2S. The first kappa shape index (κ1) is 20.1. The van der Waals surface area contributed by atoms with Gasteiger partial charge in [0, 0.05) is 36.4 Å². The molecule has 148 valence electrons. The van der Waals surface area contributed by atoms with Crippen molar-refractivity contribution in [2.75, 3.05) is 25.0 Å². The first-order valence-electron chi connectivity index (χ1n) is 9.82. The van der Waals surface area contributed by atoms with Crippen LogP contribution < -0.4 is 15.4 Å². The summed E-state index contributed by atoms with van der Waals surface area (Å²) in [5, 5.41) is 6.89. The van der Waals surface area contributed by atoms with E-state index in [0.717, 1.165) is 48.5 Å². The van der Waals surface area contributed by atoms with Crippen LogP contribution in [-0.2, 0) is 6.54 Å². The third-order valence-corrected chi connectivity index (χ3v) is 4.99. The molecule has 0 unspecified atom stereocenters. The Balaban J connectivity index is 1.52. The average molecular weight is 398 g/mol. The van der Waals surface area contributed by atoms with E-state index >= 15 is 0 Å². The number of anilines is 1. The monoisotopic (exact) mass is 397 g/mol. The van der Waals surface area contributed by atoms with Crippen LogP contribution in [0.3, 0.4) is 0 Å². The van der Waals surface area contributed by atoms with E-state index in [4.69, 9.17) is 17.0 Å². The van der Waals surface area contributed by atoms with E-state index in [2.05, 4.69) is 10.6 Å². The number of thiocarbonyl (C=S) groups is 1. The third-order valence-electron chi connectivity index (χ3n) is 4.74. The third kappa shape index (κ3) is 5.45. The highest BCUT2D eigenvalue weighted by atomic mass is 32.1. The number of carbonyl (C=O) groups is 1. The quantitative estimate of drug-likeness (QED) is 0.716. The van der Waals surface area contributed by atoms with Gasteiger partial charge in [0.2, 0.25) is 0 Å². The largest absolute Gasteiger partial charge is 0.494 e. The van der Waals surface area contributed by atoms with Gasteiger partial charge in [-0.3, -0.25) is 4.79 Å². The van der Waals surface area contributed by atoms with E-state index in [1.54, 1.807) is 0 Å². The predicted octanol–water partition coefficient (Wildman–Crippen LogP) is 4.20. The lowest BCUT2D eigenvalue weighted by molar-refractivity contribution is 0.0724. The summed E-state index contributed by atoms with van der Waals surface area (Å²) in [7, 11) is 0. The molecule has 0 aliphatic carbocycles. The van der Waals surface area contributed by atoms with Crippen LogP contribution in [0.15, 0.2) is 48.5 Å². The number of para-hydroxylation sites is 1. The fourth-order valence-electron chi connectivity index (χ4n) is 3.27. The van der Waals surface area contributed by atoms with Crippen molar-refractivity contribution in [2.45, 2.75) is 32.7 Å². The molecule has 0 atom stereocenters. The molecule has 1 aliphatic heterocycles. The number of likely N-dealkylation sites (tertiary alicyclic amines) is 1. The van der Waals surface area contributed by atoms with Crippen molar-refractivity contribution in [2.24, 2.45) is 0 Å². The summed E-state index contributed by atoms with van der Waals surface area (Å²) in [5.41, 5.74) is 2.62. The zero-order valence-electron chi connectivity index (χ0n) is 16.2. The van der Waals surface area contributed by atoms with E-state index < -0.39 is 0 Å². The number of piperidine rings is 1. The van der Waals surface area contributed by atoms with Crippen molar-refractivity contribution in [3.05, 3.63) is 59.7 Å². The van der Waals surface area contributed by atoms with Gasteiger partial charge < -0.3 is 20.3 Å².